The van der Waals surface area contributed by atoms with Crippen LogP contribution in [0.25, 0.3) is 0 Å². The van der Waals surface area contributed by atoms with Crippen molar-refractivity contribution < 1.29 is 34.2 Å². The van der Waals surface area contributed by atoms with E-state index in [0.29, 0.717) is 17.5 Å². The van der Waals surface area contributed by atoms with Gasteiger partial charge in [0.2, 0.25) is 23.6 Å². The molecule has 0 spiro atoms. The number of hydrogen-bond donors (Lipinski definition) is 7. The molecule has 4 amide bonds. The molecule has 216 valence electrons. The SMILES string of the molecule is CC[C@H](C)[C@H](NC(=O)[C@@H](N)CC(N)=O)C(=O)N[C@@H](Cc1ccccc1)C(=O)N[C@@H](Cc1ccc(O)cc1)C(=O)O. The first-order valence-electron chi connectivity index (χ1n) is 12.9. The van der Waals surface area contributed by atoms with Gasteiger partial charge in [-0.15, -0.1) is 0 Å². The number of carboxylic acids is 1. The van der Waals surface area contributed by atoms with Crippen LogP contribution in [0.2, 0.25) is 0 Å². The molecule has 40 heavy (non-hydrogen) atoms. The molecule has 12 nitrogen and oxygen atoms in total. The van der Waals surface area contributed by atoms with Gasteiger partial charge in [-0.25, -0.2) is 4.79 Å². The molecule has 2 aromatic rings. The van der Waals surface area contributed by atoms with Crippen LogP contribution in [0.15, 0.2) is 54.6 Å². The average Bonchev–Trinajstić information content (AvgIpc) is 2.91. The van der Waals surface area contributed by atoms with E-state index in [-0.39, 0.29) is 24.5 Å². The summed E-state index contributed by atoms with van der Waals surface area (Å²) in [4.78, 5) is 62.5. The number of nitrogens with one attached hydrogen (secondary N) is 3. The topological polar surface area (TPSA) is 214 Å². The molecular weight excluding hydrogens is 518 g/mol. The fourth-order valence-corrected chi connectivity index (χ4v) is 3.93. The zero-order chi connectivity index (χ0) is 29.8. The Labute approximate surface area is 232 Å². The average molecular weight is 556 g/mol. The number of phenolic OH excluding ortho intramolecular Hbond substituents is 1. The zero-order valence-electron chi connectivity index (χ0n) is 22.5. The van der Waals surface area contributed by atoms with E-state index in [1.54, 1.807) is 49.4 Å². The summed E-state index contributed by atoms with van der Waals surface area (Å²) >= 11 is 0. The van der Waals surface area contributed by atoms with Gasteiger partial charge in [0.05, 0.1) is 12.5 Å². The Balaban J connectivity index is 2.26. The van der Waals surface area contributed by atoms with Crippen LogP contribution >= 0.6 is 0 Å². The minimum atomic E-state index is -1.32. The highest BCUT2D eigenvalue weighted by molar-refractivity contribution is 5.95. The molecule has 0 fully saturated rings. The maximum atomic E-state index is 13.4. The lowest BCUT2D eigenvalue weighted by atomic mass is 9.96. The Kier molecular flexibility index (Phi) is 12.1. The third-order valence-electron chi connectivity index (χ3n) is 6.46. The first-order valence-corrected chi connectivity index (χ1v) is 12.9. The van der Waals surface area contributed by atoms with E-state index in [1.807, 2.05) is 6.92 Å². The minimum Gasteiger partial charge on any atom is -0.508 e. The molecule has 0 heterocycles. The van der Waals surface area contributed by atoms with Crippen LogP contribution in [0.4, 0.5) is 0 Å². The van der Waals surface area contributed by atoms with Crippen LogP contribution in [0.3, 0.4) is 0 Å². The summed E-state index contributed by atoms with van der Waals surface area (Å²) in [5.41, 5.74) is 12.1. The number of hydrogen-bond acceptors (Lipinski definition) is 7. The van der Waals surface area contributed by atoms with Crippen molar-refractivity contribution >= 4 is 29.6 Å². The van der Waals surface area contributed by atoms with Gasteiger partial charge in [0.1, 0.15) is 23.9 Å². The number of rotatable bonds is 15. The maximum Gasteiger partial charge on any atom is 0.326 e. The van der Waals surface area contributed by atoms with Crippen molar-refractivity contribution in [1.29, 1.82) is 0 Å². The van der Waals surface area contributed by atoms with Crippen LogP contribution < -0.4 is 27.4 Å². The van der Waals surface area contributed by atoms with Gasteiger partial charge in [0, 0.05) is 12.8 Å². The molecule has 0 aliphatic heterocycles. The highest BCUT2D eigenvalue weighted by Gasteiger charge is 2.33. The molecule has 0 aliphatic carbocycles. The van der Waals surface area contributed by atoms with Crippen molar-refractivity contribution in [3.8, 4) is 5.75 Å². The number of aliphatic carboxylic acids is 1. The number of nitrogens with two attached hydrogens (primary N) is 2. The smallest absolute Gasteiger partial charge is 0.326 e. The van der Waals surface area contributed by atoms with Crippen molar-refractivity contribution in [2.24, 2.45) is 17.4 Å². The molecule has 0 bridgehead atoms. The molecule has 5 atom stereocenters. The largest absolute Gasteiger partial charge is 0.508 e. The van der Waals surface area contributed by atoms with Crippen molar-refractivity contribution in [3.05, 3.63) is 65.7 Å². The highest BCUT2D eigenvalue weighted by Crippen LogP contribution is 2.13. The molecule has 9 N–H and O–H groups in total. The monoisotopic (exact) mass is 555 g/mol. The van der Waals surface area contributed by atoms with Crippen molar-refractivity contribution in [1.82, 2.24) is 16.0 Å². The van der Waals surface area contributed by atoms with Gasteiger partial charge in [0.25, 0.3) is 0 Å². The molecule has 0 unspecified atom stereocenters. The number of phenols is 1. The number of amides is 4. The molecule has 12 heteroatoms. The highest BCUT2D eigenvalue weighted by atomic mass is 16.4. The van der Waals surface area contributed by atoms with Crippen LogP contribution in [-0.4, -0.2) is 64.0 Å². The molecular formula is C28H37N5O7. The lowest BCUT2D eigenvalue weighted by molar-refractivity contribution is -0.142. The first-order chi connectivity index (χ1) is 18.9. The quantitative estimate of drug-likeness (QED) is 0.158. The molecule has 0 aromatic heterocycles. The van der Waals surface area contributed by atoms with Crippen molar-refractivity contribution in [2.75, 3.05) is 0 Å². The van der Waals surface area contributed by atoms with Gasteiger partial charge in [-0.3, -0.25) is 19.2 Å². The van der Waals surface area contributed by atoms with Crippen molar-refractivity contribution in [3.63, 3.8) is 0 Å². The Morgan fingerprint density at radius 2 is 1.35 bits per heavy atom. The third-order valence-corrected chi connectivity index (χ3v) is 6.46. The molecule has 0 radical (unpaired) electrons. The van der Waals surface area contributed by atoms with Gasteiger partial charge in [0.15, 0.2) is 0 Å². The summed E-state index contributed by atoms with van der Waals surface area (Å²) in [7, 11) is 0. The predicted octanol–water partition coefficient (Wildman–Crippen LogP) is -0.0348. The Bertz CT molecular complexity index is 1170. The fourth-order valence-electron chi connectivity index (χ4n) is 3.93. The predicted molar refractivity (Wildman–Crippen MR) is 147 cm³/mol. The summed E-state index contributed by atoms with van der Waals surface area (Å²) in [5.74, 6) is -4.55. The number of primary amides is 1. The van der Waals surface area contributed by atoms with Gasteiger partial charge in [-0.1, -0.05) is 62.7 Å². The van der Waals surface area contributed by atoms with E-state index in [1.165, 1.54) is 12.1 Å². The minimum absolute atomic E-state index is 0.0174. The van der Waals surface area contributed by atoms with Crippen molar-refractivity contribution in [2.45, 2.75) is 63.7 Å². The number of carbonyl (C=O) groups excluding carboxylic acids is 4. The number of aromatic hydroxyl groups is 1. The fraction of sp³-hybridized carbons (Fsp3) is 0.393. The third kappa shape index (κ3) is 10.0. The van der Waals surface area contributed by atoms with E-state index in [4.69, 9.17) is 11.5 Å². The van der Waals surface area contributed by atoms with E-state index < -0.39 is 60.2 Å². The second-order valence-electron chi connectivity index (χ2n) is 9.67. The van der Waals surface area contributed by atoms with Crippen LogP contribution in [0.5, 0.6) is 5.75 Å². The second-order valence-corrected chi connectivity index (χ2v) is 9.67. The normalized spacial score (nSPS) is 14.6. The summed E-state index contributed by atoms with van der Waals surface area (Å²) < 4.78 is 0. The first kappa shape index (κ1) is 31.8. The lowest BCUT2D eigenvalue weighted by Gasteiger charge is -2.28. The number of benzene rings is 2. The Morgan fingerprint density at radius 1 is 0.800 bits per heavy atom. The van der Waals surface area contributed by atoms with E-state index in [0.717, 1.165) is 0 Å². The van der Waals surface area contributed by atoms with Crippen LogP contribution in [0.1, 0.15) is 37.8 Å². The van der Waals surface area contributed by atoms with Gasteiger partial charge in [-0.2, -0.15) is 0 Å². The van der Waals surface area contributed by atoms with Crippen LogP contribution in [-0.2, 0) is 36.8 Å². The van der Waals surface area contributed by atoms with Crippen LogP contribution in [0, 0.1) is 5.92 Å². The molecule has 2 aromatic carbocycles. The van der Waals surface area contributed by atoms with E-state index in [9.17, 15) is 34.2 Å². The maximum absolute atomic E-state index is 13.4. The summed E-state index contributed by atoms with van der Waals surface area (Å²) in [6.45, 7) is 3.55. The summed E-state index contributed by atoms with van der Waals surface area (Å²) in [6, 6.07) is 9.90. The molecule has 2 rings (SSSR count). The van der Waals surface area contributed by atoms with Gasteiger partial charge >= 0.3 is 5.97 Å². The Hall–Kier alpha value is -4.45. The van der Waals surface area contributed by atoms with Gasteiger partial charge in [-0.05, 0) is 29.2 Å². The molecule has 0 aliphatic rings. The second kappa shape index (κ2) is 15.2. The summed E-state index contributed by atoms with van der Waals surface area (Å²) in [5, 5.41) is 26.9. The zero-order valence-corrected chi connectivity index (χ0v) is 22.5. The standard InChI is InChI=1S/C28H37N5O7/c1-3-16(2)24(33-25(36)20(29)15-23(30)35)27(38)31-21(13-17-7-5-4-6-8-17)26(37)32-22(28(39)40)14-18-9-11-19(34)12-10-18/h4-12,16,20-22,24,34H,3,13-15,29H2,1-2H3,(H2,30,35)(H,31,38)(H,32,37)(H,33,36)(H,39,40)/t16-,20-,21-,22-,24-/m0/s1. The summed E-state index contributed by atoms with van der Waals surface area (Å²) in [6.07, 6.45) is 0.0764. The lowest BCUT2D eigenvalue weighted by Crippen LogP contribution is -2.59. The number of carboxylic acid groups (broad SMARTS) is 1. The number of carbonyl (C=O) groups is 5. The molecule has 0 saturated carbocycles. The molecule has 0 saturated heterocycles. The van der Waals surface area contributed by atoms with Gasteiger partial charge < -0.3 is 37.6 Å². The van der Waals surface area contributed by atoms with E-state index in [2.05, 4.69) is 16.0 Å². The Morgan fingerprint density at radius 3 is 1.90 bits per heavy atom. The van der Waals surface area contributed by atoms with E-state index >= 15 is 0 Å².